The summed E-state index contributed by atoms with van der Waals surface area (Å²) in [6, 6.07) is 6.50. The molecule has 2 aliphatic rings. The van der Waals surface area contributed by atoms with Gasteiger partial charge in [0.1, 0.15) is 0 Å². The van der Waals surface area contributed by atoms with E-state index >= 15 is 0 Å². The summed E-state index contributed by atoms with van der Waals surface area (Å²) in [5.74, 6) is 0.777. The van der Waals surface area contributed by atoms with E-state index in [4.69, 9.17) is 14.3 Å². The fourth-order valence-corrected chi connectivity index (χ4v) is 3.54. The van der Waals surface area contributed by atoms with Gasteiger partial charge in [0, 0.05) is 31.0 Å². The molecule has 2 fully saturated rings. The van der Waals surface area contributed by atoms with E-state index in [-0.39, 0.29) is 0 Å². The number of carbonyl (C=O) groups is 1. The lowest BCUT2D eigenvalue weighted by Crippen LogP contribution is -2.40. The second kappa shape index (κ2) is 7.70. The van der Waals surface area contributed by atoms with E-state index in [1.807, 2.05) is 6.07 Å². The summed E-state index contributed by atoms with van der Waals surface area (Å²) in [4.78, 5) is 19.4. The molecule has 0 saturated carbocycles. The lowest BCUT2D eigenvalue weighted by molar-refractivity contribution is -0.137. The number of nitrogens with zero attached hydrogens (tertiary/aromatic N) is 2. The highest BCUT2D eigenvalue weighted by molar-refractivity contribution is 5.90. The minimum Gasteiger partial charge on any atom is -0.493 e. The van der Waals surface area contributed by atoms with Crippen molar-refractivity contribution in [3.63, 3.8) is 0 Å². The van der Waals surface area contributed by atoms with Gasteiger partial charge in [-0.1, -0.05) is 11.2 Å². The molecule has 2 heterocycles. The van der Waals surface area contributed by atoms with Gasteiger partial charge >= 0.3 is 5.97 Å². The molecule has 1 aromatic carbocycles. The van der Waals surface area contributed by atoms with E-state index in [9.17, 15) is 4.79 Å². The lowest BCUT2D eigenvalue weighted by Gasteiger charge is -2.31. The Labute approximate surface area is 148 Å². The van der Waals surface area contributed by atoms with Crippen molar-refractivity contribution in [1.82, 2.24) is 4.90 Å². The molecule has 0 spiro atoms. The first-order chi connectivity index (χ1) is 12.1. The number of rotatable bonds is 5. The molecule has 2 aliphatic heterocycles. The summed E-state index contributed by atoms with van der Waals surface area (Å²) >= 11 is 0. The first-order valence-electron chi connectivity index (χ1n) is 8.49. The molecule has 3 rings (SSSR count). The second-order valence-electron chi connectivity index (χ2n) is 6.47. The first-order valence-corrected chi connectivity index (χ1v) is 8.49. The Hall–Kier alpha value is -2.34. The molecular weight excluding hydrogens is 320 g/mol. The van der Waals surface area contributed by atoms with E-state index < -0.39 is 5.97 Å². The average molecular weight is 344 g/mol. The molecule has 6 heteroatoms. The van der Waals surface area contributed by atoms with E-state index in [0.29, 0.717) is 23.6 Å². The second-order valence-corrected chi connectivity index (χ2v) is 6.47. The van der Waals surface area contributed by atoms with Gasteiger partial charge in [0.25, 0.3) is 0 Å². The van der Waals surface area contributed by atoms with Crippen molar-refractivity contribution in [3.8, 4) is 11.5 Å². The maximum Gasteiger partial charge on any atom is 0.358 e. The van der Waals surface area contributed by atoms with Gasteiger partial charge in [-0.2, -0.15) is 0 Å². The number of carbonyl (C=O) groups excluding carboxylic acids is 1. The Morgan fingerprint density at radius 2 is 1.84 bits per heavy atom. The molecule has 0 unspecified atom stereocenters. The van der Waals surface area contributed by atoms with Gasteiger partial charge in [-0.05, 0) is 43.7 Å². The summed E-state index contributed by atoms with van der Waals surface area (Å²) in [7, 11) is 5.32. The third-order valence-electron chi connectivity index (χ3n) is 5.01. The van der Waals surface area contributed by atoms with Crippen LogP contribution in [0.25, 0.3) is 6.08 Å². The van der Waals surface area contributed by atoms with E-state index in [0.717, 1.165) is 24.1 Å². The molecule has 2 saturated heterocycles. The van der Waals surface area contributed by atoms with Gasteiger partial charge in [-0.3, -0.25) is 4.90 Å². The quantitative estimate of drug-likeness (QED) is 0.467. The first kappa shape index (κ1) is 17.5. The number of benzene rings is 1. The predicted octanol–water partition coefficient (Wildman–Crippen LogP) is 2.87. The standard InChI is InChI=1S/C19H24N2O4/c1-21-15-6-7-16(21)12-14(11-15)20-25-19(22)9-5-13-4-8-17(23-2)18(10-13)24-3/h4-5,8-10,15-16H,6-7,11-12H2,1-3H3/b9-5-,20-14?/t15-,16+. The molecule has 2 atom stereocenters. The third kappa shape index (κ3) is 4.02. The van der Waals surface area contributed by atoms with Crippen molar-refractivity contribution in [3.05, 3.63) is 29.8 Å². The molecular formula is C19H24N2O4. The zero-order valence-corrected chi connectivity index (χ0v) is 14.9. The van der Waals surface area contributed by atoms with Crippen molar-refractivity contribution in [2.75, 3.05) is 21.3 Å². The monoisotopic (exact) mass is 344 g/mol. The number of fused-ring (bicyclic) bond motifs is 2. The zero-order valence-electron chi connectivity index (χ0n) is 14.9. The van der Waals surface area contributed by atoms with Crippen LogP contribution in [0.15, 0.2) is 29.4 Å². The third-order valence-corrected chi connectivity index (χ3v) is 5.01. The molecule has 0 aromatic heterocycles. The smallest absolute Gasteiger partial charge is 0.358 e. The minimum absolute atomic E-state index is 0.478. The van der Waals surface area contributed by atoms with Gasteiger partial charge in [-0.15, -0.1) is 0 Å². The lowest BCUT2D eigenvalue weighted by atomic mass is 10.0. The topological polar surface area (TPSA) is 60.4 Å². The highest BCUT2D eigenvalue weighted by Gasteiger charge is 2.36. The van der Waals surface area contributed by atoms with Crippen LogP contribution in [-0.2, 0) is 9.63 Å². The Morgan fingerprint density at radius 1 is 1.16 bits per heavy atom. The molecule has 0 N–H and O–H groups in total. The average Bonchev–Trinajstić information content (AvgIpc) is 2.85. The summed E-state index contributed by atoms with van der Waals surface area (Å²) < 4.78 is 10.4. The molecule has 0 radical (unpaired) electrons. The van der Waals surface area contributed by atoms with Crippen molar-refractivity contribution in [1.29, 1.82) is 0 Å². The summed E-state index contributed by atoms with van der Waals surface area (Å²) in [6.07, 6.45) is 7.22. The van der Waals surface area contributed by atoms with Crippen LogP contribution in [0.3, 0.4) is 0 Å². The van der Waals surface area contributed by atoms with E-state index in [2.05, 4.69) is 17.1 Å². The SMILES string of the molecule is COc1ccc(/C=C\C(=O)ON=C2C[C@H]3CC[C@@H](C2)N3C)cc1OC. The predicted molar refractivity (Wildman–Crippen MR) is 95.9 cm³/mol. The van der Waals surface area contributed by atoms with Crippen molar-refractivity contribution in [2.45, 2.75) is 37.8 Å². The number of oxime groups is 1. The Bertz CT molecular complexity index is 683. The van der Waals surface area contributed by atoms with Crippen molar-refractivity contribution >= 4 is 17.8 Å². The van der Waals surface area contributed by atoms with Gasteiger partial charge in [0.15, 0.2) is 11.5 Å². The summed E-state index contributed by atoms with van der Waals surface area (Å²) in [5.41, 5.74) is 1.80. The number of piperidine rings is 1. The number of methoxy groups -OCH3 is 2. The summed E-state index contributed by atoms with van der Waals surface area (Å²) in [5, 5.41) is 4.08. The molecule has 25 heavy (non-hydrogen) atoms. The molecule has 0 aliphatic carbocycles. The number of ether oxygens (including phenoxy) is 2. The highest BCUT2D eigenvalue weighted by Crippen LogP contribution is 2.32. The van der Waals surface area contributed by atoms with Crippen LogP contribution < -0.4 is 9.47 Å². The fourth-order valence-electron chi connectivity index (χ4n) is 3.54. The van der Waals surface area contributed by atoms with Crippen LogP contribution in [0.1, 0.15) is 31.2 Å². The Morgan fingerprint density at radius 3 is 2.48 bits per heavy atom. The number of hydrogen-bond acceptors (Lipinski definition) is 6. The van der Waals surface area contributed by atoms with Crippen molar-refractivity contribution < 1.29 is 19.1 Å². The fraction of sp³-hybridized carbons (Fsp3) is 0.474. The molecule has 1 aromatic rings. The van der Waals surface area contributed by atoms with Crippen LogP contribution in [-0.4, -0.2) is 49.9 Å². The summed E-state index contributed by atoms with van der Waals surface area (Å²) in [6.45, 7) is 0. The maximum absolute atomic E-state index is 11.9. The largest absolute Gasteiger partial charge is 0.493 e. The molecule has 6 nitrogen and oxygen atoms in total. The maximum atomic E-state index is 11.9. The van der Waals surface area contributed by atoms with Crippen LogP contribution in [0.2, 0.25) is 0 Å². The molecule has 0 amide bonds. The zero-order chi connectivity index (χ0) is 17.8. The van der Waals surface area contributed by atoms with Gasteiger partial charge in [0.2, 0.25) is 0 Å². The molecule has 134 valence electrons. The minimum atomic E-state index is -0.478. The van der Waals surface area contributed by atoms with E-state index in [1.165, 1.54) is 18.9 Å². The highest BCUT2D eigenvalue weighted by atomic mass is 16.7. The van der Waals surface area contributed by atoms with E-state index in [1.54, 1.807) is 32.4 Å². The Kier molecular flexibility index (Phi) is 5.38. The van der Waals surface area contributed by atoms with Crippen LogP contribution >= 0.6 is 0 Å². The Balaban J connectivity index is 1.57. The molecule has 2 bridgehead atoms. The van der Waals surface area contributed by atoms with Gasteiger partial charge in [-0.25, -0.2) is 4.79 Å². The number of hydrogen-bond donors (Lipinski definition) is 0. The van der Waals surface area contributed by atoms with Crippen LogP contribution in [0.4, 0.5) is 0 Å². The van der Waals surface area contributed by atoms with Gasteiger partial charge < -0.3 is 14.3 Å². The van der Waals surface area contributed by atoms with Crippen LogP contribution in [0, 0.1) is 0 Å². The normalized spacial score (nSPS) is 24.7. The van der Waals surface area contributed by atoms with Crippen molar-refractivity contribution in [2.24, 2.45) is 5.16 Å². The van der Waals surface area contributed by atoms with Gasteiger partial charge in [0.05, 0.1) is 19.9 Å². The van der Waals surface area contributed by atoms with Crippen LogP contribution in [0.5, 0.6) is 11.5 Å².